The number of hydrogen-bond donors (Lipinski definition) is 1. The molecule has 0 saturated carbocycles. The van der Waals surface area contributed by atoms with E-state index in [1.807, 2.05) is 0 Å². The van der Waals surface area contributed by atoms with Gasteiger partial charge in [0.1, 0.15) is 17.3 Å². The van der Waals surface area contributed by atoms with Gasteiger partial charge in [-0.3, -0.25) is 4.79 Å². The fraction of sp³-hybridized carbons (Fsp3) is 0.0833. The molecule has 9 heteroatoms. The van der Waals surface area contributed by atoms with Gasteiger partial charge in [0.15, 0.2) is 0 Å². The lowest BCUT2D eigenvalue weighted by atomic mass is 10.0. The number of benzene rings is 3. The number of halogens is 5. The normalized spacial score (nSPS) is 12.1. The maximum absolute atomic E-state index is 14.3. The van der Waals surface area contributed by atoms with Crippen LogP contribution in [0.1, 0.15) is 11.3 Å². The molecule has 0 radical (unpaired) electrons. The Morgan fingerprint density at radius 3 is 2.27 bits per heavy atom. The molecule has 0 unspecified atom stereocenters. The Labute approximate surface area is 182 Å². The smallest absolute Gasteiger partial charge is 0.339 e. The molecule has 0 atom stereocenters. The molecule has 4 nitrogen and oxygen atoms in total. The van der Waals surface area contributed by atoms with Crippen molar-refractivity contribution in [1.29, 1.82) is 0 Å². The van der Waals surface area contributed by atoms with E-state index < -0.39 is 28.9 Å². The Balaban J connectivity index is 1.72. The van der Waals surface area contributed by atoms with Gasteiger partial charge >= 0.3 is 6.18 Å². The van der Waals surface area contributed by atoms with Crippen molar-refractivity contribution in [2.24, 2.45) is 0 Å². The number of nitrogens with zero attached hydrogens (tertiary/aromatic N) is 2. The van der Waals surface area contributed by atoms with Crippen molar-refractivity contribution in [3.63, 3.8) is 0 Å². The lowest BCUT2D eigenvalue weighted by Gasteiger charge is -2.08. The summed E-state index contributed by atoms with van der Waals surface area (Å²) in [5.41, 5.74) is 1.40. The minimum atomic E-state index is -4.47. The molecule has 2 heterocycles. The van der Waals surface area contributed by atoms with Gasteiger partial charge < -0.3 is 4.98 Å². The molecule has 0 spiro atoms. The van der Waals surface area contributed by atoms with Crippen LogP contribution in [-0.2, 0) is 6.18 Å². The third-order valence-electron chi connectivity index (χ3n) is 5.50. The third kappa shape index (κ3) is 3.45. The second-order valence-electron chi connectivity index (χ2n) is 7.61. The van der Waals surface area contributed by atoms with Crippen LogP contribution in [0.3, 0.4) is 0 Å². The summed E-state index contributed by atoms with van der Waals surface area (Å²) in [6, 6.07) is 12.4. The van der Waals surface area contributed by atoms with E-state index in [-0.39, 0.29) is 10.9 Å². The SMILES string of the molecule is Cc1nn2c(=O)c3ccc(-c4ccc(F)cc4F)cc3[nH]c2c1-c1ccc(C(F)(F)F)cc1. The molecule has 5 aromatic rings. The first-order valence-electron chi connectivity index (χ1n) is 9.82. The molecule has 2 aromatic heterocycles. The number of H-pyrrole nitrogens is 1. The first-order chi connectivity index (χ1) is 15.6. The van der Waals surface area contributed by atoms with Gasteiger partial charge in [-0.25, -0.2) is 8.78 Å². The number of aromatic nitrogens is 3. The highest BCUT2D eigenvalue weighted by Gasteiger charge is 2.30. The van der Waals surface area contributed by atoms with Gasteiger partial charge in [0.2, 0.25) is 0 Å². The molecular weight excluding hydrogens is 441 g/mol. The molecule has 0 amide bonds. The number of aromatic amines is 1. The van der Waals surface area contributed by atoms with Crippen molar-refractivity contribution in [1.82, 2.24) is 14.6 Å². The molecule has 166 valence electrons. The predicted molar refractivity (Wildman–Crippen MR) is 114 cm³/mol. The van der Waals surface area contributed by atoms with Crippen molar-refractivity contribution in [2.75, 3.05) is 0 Å². The first kappa shape index (κ1) is 20.9. The average molecular weight is 455 g/mol. The van der Waals surface area contributed by atoms with E-state index in [0.29, 0.717) is 33.5 Å². The molecule has 0 aliphatic rings. The fourth-order valence-electron chi connectivity index (χ4n) is 3.93. The van der Waals surface area contributed by atoms with Gasteiger partial charge in [0.05, 0.1) is 22.2 Å². The lowest BCUT2D eigenvalue weighted by molar-refractivity contribution is -0.137. The minimum Gasteiger partial charge on any atom is -0.339 e. The van der Waals surface area contributed by atoms with Crippen molar-refractivity contribution in [2.45, 2.75) is 13.1 Å². The molecule has 0 bridgehead atoms. The van der Waals surface area contributed by atoms with Crippen LogP contribution in [0, 0.1) is 18.6 Å². The Hall–Kier alpha value is -4.01. The Morgan fingerprint density at radius 2 is 1.61 bits per heavy atom. The predicted octanol–water partition coefficient (Wildman–Crippen LogP) is 6.12. The summed E-state index contributed by atoms with van der Waals surface area (Å²) in [6.45, 7) is 1.65. The number of hydrogen-bond acceptors (Lipinski definition) is 2. The zero-order valence-electron chi connectivity index (χ0n) is 17.0. The summed E-state index contributed by atoms with van der Waals surface area (Å²) in [6.07, 6.45) is -4.47. The highest BCUT2D eigenvalue weighted by atomic mass is 19.4. The van der Waals surface area contributed by atoms with Crippen LogP contribution in [-0.4, -0.2) is 14.6 Å². The van der Waals surface area contributed by atoms with Crippen LogP contribution in [0.2, 0.25) is 0 Å². The van der Waals surface area contributed by atoms with Gasteiger partial charge in [-0.15, -0.1) is 0 Å². The third-order valence-corrected chi connectivity index (χ3v) is 5.50. The molecule has 33 heavy (non-hydrogen) atoms. The van der Waals surface area contributed by atoms with Gasteiger partial charge in [-0.05, 0) is 54.4 Å². The zero-order valence-corrected chi connectivity index (χ0v) is 17.0. The molecular formula is C24H14F5N3O. The topological polar surface area (TPSA) is 50.2 Å². The molecule has 1 N–H and O–H groups in total. The number of alkyl halides is 3. The highest BCUT2D eigenvalue weighted by Crippen LogP contribution is 2.33. The van der Waals surface area contributed by atoms with Crippen molar-refractivity contribution in [3.05, 3.63) is 93.9 Å². The van der Waals surface area contributed by atoms with E-state index in [1.54, 1.807) is 19.1 Å². The first-order valence-corrected chi connectivity index (χ1v) is 9.82. The second-order valence-corrected chi connectivity index (χ2v) is 7.61. The summed E-state index contributed by atoms with van der Waals surface area (Å²) in [5.74, 6) is -1.45. The summed E-state index contributed by atoms with van der Waals surface area (Å²) in [7, 11) is 0. The summed E-state index contributed by atoms with van der Waals surface area (Å²) >= 11 is 0. The van der Waals surface area contributed by atoms with Gasteiger partial charge in [0.25, 0.3) is 5.56 Å². The lowest BCUT2D eigenvalue weighted by Crippen LogP contribution is -2.15. The van der Waals surface area contributed by atoms with Crippen LogP contribution >= 0.6 is 0 Å². The van der Waals surface area contributed by atoms with Crippen LogP contribution in [0.5, 0.6) is 0 Å². The molecule has 0 aliphatic heterocycles. The Morgan fingerprint density at radius 1 is 0.909 bits per heavy atom. The average Bonchev–Trinajstić information content (AvgIpc) is 3.09. The van der Waals surface area contributed by atoms with E-state index in [0.717, 1.165) is 28.8 Å². The molecule has 0 fully saturated rings. The maximum atomic E-state index is 14.3. The number of fused-ring (bicyclic) bond motifs is 2. The van der Waals surface area contributed by atoms with Crippen LogP contribution in [0.15, 0.2) is 65.5 Å². The fourth-order valence-corrected chi connectivity index (χ4v) is 3.93. The maximum Gasteiger partial charge on any atom is 0.416 e. The van der Waals surface area contributed by atoms with E-state index in [2.05, 4.69) is 10.1 Å². The molecule has 0 saturated heterocycles. The standard InChI is InChI=1S/C24H14F5N3O/c1-12-21(13-2-5-15(6-3-13)24(27,28)29)22-30-20-10-14(17-9-7-16(25)11-19(17)26)4-8-18(20)23(33)32(22)31-12/h2-11,30H,1H3. The Kier molecular flexibility index (Phi) is 4.59. The summed E-state index contributed by atoms with van der Waals surface area (Å²) in [5, 5.41) is 4.55. The highest BCUT2D eigenvalue weighted by molar-refractivity contribution is 5.88. The van der Waals surface area contributed by atoms with Gasteiger partial charge in [-0.1, -0.05) is 18.2 Å². The van der Waals surface area contributed by atoms with E-state index in [1.165, 1.54) is 24.3 Å². The van der Waals surface area contributed by atoms with Crippen molar-refractivity contribution >= 4 is 16.6 Å². The Bertz CT molecular complexity index is 1600. The quantitative estimate of drug-likeness (QED) is 0.326. The van der Waals surface area contributed by atoms with Crippen LogP contribution in [0.4, 0.5) is 22.0 Å². The van der Waals surface area contributed by atoms with Crippen LogP contribution in [0.25, 0.3) is 38.8 Å². The van der Waals surface area contributed by atoms with Crippen molar-refractivity contribution < 1.29 is 22.0 Å². The monoisotopic (exact) mass is 455 g/mol. The largest absolute Gasteiger partial charge is 0.416 e. The zero-order chi connectivity index (χ0) is 23.5. The van der Waals surface area contributed by atoms with Gasteiger partial charge in [0, 0.05) is 17.2 Å². The number of rotatable bonds is 2. The second kappa shape index (κ2) is 7.26. The number of nitrogens with one attached hydrogen (secondary N) is 1. The van der Waals surface area contributed by atoms with E-state index >= 15 is 0 Å². The number of aryl methyl sites for hydroxylation is 1. The molecule has 3 aromatic carbocycles. The van der Waals surface area contributed by atoms with Gasteiger partial charge in [-0.2, -0.15) is 22.8 Å². The molecule has 0 aliphatic carbocycles. The van der Waals surface area contributed by atoms with Crippen LogP contribution < -0.4 is 5.56 Å². The van der Waals surface area contributed by atoms with Crippen molar-refractivity contribution in [3.8, 4) is 22.3 Å². The van der Waals surface area contributed by atoms with E-state index in [4.69, 9.17) is 0 Å². The molecule has 5 rings (SSSR count). The summed E-state index contributed by atoms with van der Waals surface area (Å²) < 4.78 is 67.5. The minimum absolute atomic E-state index is 0.159. The summed E-state index contributed by atoms with van der Waals surface area (Å²) in [4.78, 5) is 16.1. The van der Waals surface area contributed by atoms with E-state index in [9.17, 15) is 26.7 Å².